The van der Waals surface area contributed by atoms with E-state index < -0.39 is 21.5 Å². The summed E-state index contributed by atoms with van der Waals surface area (Å²) in [5.41, 5.74) is 2.51. The molecule has 30 heavy (non-hydrogen) atoms. The predicted molar refractivity (Wildman–Crippen MR) is 115 cm³/mol. The molecule has 1 unspecified atom stereocenters. The summed E-state index contributed by atoms with van der Waals surface area (Å²) in [6.45, 7) is 5.50. The van der Waals surface area contributed by atoms with Crippen LogP contribution in [0, 0.1) is 0 Å². The van der Waals surface area contributed by atoms with E-state index in [0.717, 1.165) is 35.0 Å². The molecule has 0 fully saturated rings. The molecule has 0 bridgehead atoms. The maximum atomic E-state index is 13.0. The second-order valence-corrected chi connectivity index (χ2v) is 10.6. The Morgan fingerprint density at radius 1 is 1.10 bits per heavy atom. The number of hydrogen-bond donors (Lipinski definition) is 2. The summed E-state index contributed by atoms with van der Waals surface area (Å²) in [6, 6.07) is 13.6. The van der Waals surface area contributed by atoms with Crippen LogP contribution >= 0.6 is 0 Å². The molecule has 1 atom stereocenters. The number of fused-ring (bicyclic) bond motifs is 3. The topological polar surface area (TPSA) is 88.3 Å². The van der Waals surface area contributed by atoms with Crippen molar-refractivity contribution in [3.8, 4) is 0 Å². The predicted octanol–water partition coefficient (Wildman–Crippen LogP) is 4.38. The van der Waals surface area contributed by atoms with E-state index in [2.05, 4.69) is 10.3 Å². The molecule has 0 radical (unpaired) electrons. The maximum absolute atomic E-state index is 13.0. The van der Waals surface area contributed by atoms with E-state index in [-0.39, 0.29) is 15.8 Å². The second-order valence-electron chi connectivity index (χ2n) is 8.69. The van der Waals surface area contributed by atoms with Crippen LogP contribution < -0.4 is 5.32 Å². The summed E-state index contributed by atoms with van der Waals surface area (Å²) < 4.78 is 31.4. The van der Waals surface area contributed by atoms with Crippen molar-refractivity contribution in [1.82, 2.24) is 10.3 Å². The van der Waals surface area contributed by atoms with E-state index in [0.29, 0.717) is 6.42 Å². The number of ether oxygens (including phenoxy) is 1. The number of hydrogen-bond acceptors (Lipinski definition) is 4. The van der Waals surface area contributed by atoms with Crippen molar-refractivity contribution in [2.75, 3.05) is 0 Å². The number of aromatic nitrogens is 1. The van der Waals surface area contributed by atoms with Crippen LogP contribution in [0.5, 0.6) is 0 Å². The molecule has 0 saturated heterocycles. The van der Waals surface area contributed by atoms with Crippen molar-refractivity contribution in [3.05, 3.63) is 59.8 Å². The summed E-state index contributed by atoms with van der Waals surface area (Å²) >= 11 is 0. The number of carbonyl (C=O) groups is 1. The number of alkyl carbamates (subject to hydrolysis) is 1. The minimum atomic E-state index is -3.59. The molecule has 1 aromatic heterocycles. The van der Waals surface area contributed by atoms with E-state index >= 15 is 0 Å². The molecule has 0 aliphatic heterocycles. The van der Waals surface area contributed by atoms with Crippen LogP contribution in [0.1, 0.15) is 38.4 Å². The third-order valence-electron chi connectivity index (χ3n) is 5.24. The van der Waals surface area contributed by atoms with Gasteiger partial charge in [0.15, 0.2) is 0 Å². The maximum Gasteiger partial charge on any atom is 0.407 e. The van der Waals surface area contributed by atoms with Crippen molar-refractivity contribution >= 4 is 26.8 Å². The van der Waals surface area contributed by atoms with Crippen LogP contribution in [0.25, 0.3) is 10.9 Å². The average molecular weight is 427 g/mol. The van der Waals surface area contributed by atoms with Gasteiger partial charge in [-0.1, -0.05) is 18.2 Å². The van der Waals surface area contributed by atoms with E-state index in [1.807, 2.05) is 26.8 Å². The van der Waals surface area contributed by atoms with Gasteiger partial charge in [-0.25, -0.2) is 13.2 Å². The molecule has 158 valence electrons. The van der Waals surface area contributed by atoms with Gasteiger partial charge in [0.05, 0.1) is 9.79 Å². The summed E-state index contributed by atoms with van der Waals surface area (Å²) in [7, 11) is -3.59. The Labute approximate surface area is 176 Å². The first-order valence-electron chi connectivity index (χ1n) is 10.1. The molecule has 6 nitrogen and oxygen atoms in total. The van der Waals surface area contributed by atoms with Crippen molar-refractivity contribution in [3.63, 3.8) is 0 Å². The van der Waals surface area contributed by atoms with Gasteiger partial charge in [0.25, 0.3) is 0 Å². The second kappa shape index (κ2) is 7.47. The molecular formula is C23H26N2O4S. The van der Waals surface area contributed by atoms with Gasteiger partial charge in [0.1, 0.15) is 5.60 Å². The Bertz CT molecular complexity index is 1190. The molecular weight excluding hydrogens is 400 g/mol. The molecule has 7 heteroatoms. The first kappa shape index (κ1) is 20.5. The minimum Gasteiger partial charge on any atom is -0.444 e. The number of sulfone groups is 1. The third-order valence-corrected chi connectivity index (χ3v) is 7.01. The first-order valence-corrected chi connectivity index (χ1v) is 11.5. The van der Waals surface area contributed by atoms with Crippen LogP contribution in [0.2, 0.25) is 0 Å². The fourth-order valence-electron chi connectivity index (χ4n) is 3.90. The minimum absolute atomic E-state index is 0.0549. The normalized spacial score (nSPS) is 16.8. The number of nitrogens with one attached hydrogen (secondary N) is 2. The van der Waals surface area contributed by atoms with E-state index in [1.54, 1.807) is 42.5 Å². The fourth-order valence-corrected chi connectivity index (χ4v) is 5.20. The SMILES string of the molecule is CC(C)(C)OC(=O)NC1CCc2[nH]c3ccc(S(=O)(=O)c4ccccc4)cc3c2C1. The van der Waals surface area contributed by atoms with Crippen molar-refractivity contribution < 1.29 is 17.9 Å². The zero-order valence-corrected chi connectivity index (χ0v) is 18.2. The molecule has 1 aliphatic rings. The number of amides is 1. The fraction of sp³-hybridized carbons (Fsp3) is 0.348. The van der Waals surface area contributed by atoms with Crippen LogP contribution in [-0.2, 0) is 27.4 Å². The number of rotatable bonds is 3. The molecule has 0 spiro atoms. The highest BCUT2D eigenvalue weighted by atomic mass is 32.2. The molecule has 3 aromatic rings. The van der Waals surface area contributed by atoms with Crippen molar-refractivity contribution in [2.45, 2.75) is 61.5 Å². The Kier molecular flexibility index (Phi) is 5.10. The molecule has 2 aromatic carbocycles. The number of aromatic amines is 1. The summed E-state index contributed by atoms with van der Waals surface area (Å²) in [5.74, 6) is 0. The lowest BCUT2D eigenvalue weighted by Crippen LogP contribution is -2.41. The van der Waals surface area contributed by atoms with Crippen molar-refractivity contribution in [1.29, 1.82) is 0 Å². The summed E-state index contributed by atoms with van der Waals surface area (Å²) in [4.78, 5) is 16.1. The van der Waals surface area contributed by atoms with Gasteiger partial charge in [0, 0.05) is 22.6 Å². The molecule has 2 N–H and O–H groups in total. The van der Waals surface area contributed by atoms with Crippen LogP contribution in [0.4, 0.5) is 4.79 Å². The van der Waals surface area contributed by atoms with E-state index in [4.69, 9.17) is 4.74 Å². The van der Waals surface area contributed by atoms with Gasteiger partial charge in [-0.2, -0.15) is 0 Å². The molecule has 0 saturated carbocycles. The van der Waals surface area contributed by atoms with Gasteiger partial charge in [-0.05, 0) is 75.9 Å². The Hall–Kier alpha value is -2.80. The zero-order chi connectivity index (χ0) is 21.5. The van der Waals surface area contributed by atoms with Crippen molar-refractivity contribution in [2.24, 2.45) is 0 Å². The van der Waals surface area contributed by atoms with E-state index in [9.17, 15) is 13.2 Å². The molecule has 1 aliphatic carbocycles. The molecule has 1 amide bonds. The van der Waals surface area contributed by atoms with Crippen LogP contribution in [0.3, 0.4) is 0 Å². The zero-order valence-electron chi connectivity index (χ0n) is 17.4. The standard InChI is InChI=1S/C23H26N2O4S/c1-23(2,3)29-22(26)24-15-9-11-20-18(13-15)19-14-17(10-12-21(19)25-20)30(27,28)16-7-5-4-6-8-16/h4-8,10,12,14-15,25H,9,11,13H2,1-3H3,(H,24,26). The summed E-state index contributed by atoms with van der Waals surface area (Å²) in [6.07, 6.45) is 1.78. The number of carbonyl (C=O) groups excluding carboxylic acids is 1. The Balaban J connectivity index is 1.63. The van der Waals surface area contributed by atoms with Gasteiger partial charge in [-0.3, -0.25) is 0 Å². The summed E-state index contributed by atoms with van der Waals surface area (Å²) in [5, 5.41) is 3.83. The molecule has 1 heterocycles. The highest BCUT2D eigenvalue weighted by Crippen LogP contribution is 2.32. The van der Waals surface area contributed by atoms with E-state index in [1.165, 1.54) is 0 Å². The highest BCUT2D eigenvalue weighted by molar-refractivity contribution is 7.91. The Morgan fingerprint density at radius 2 is 1.83 bits per heavy atom. The number of benzene rings is 2. The lowest BCUT2D eigenvalue weighted by atomic mass is 9.91. The first-order chi connectivity index (χ1) is 14.1. The molecule has 4 rings (SSSR count). The highest BCUT2D eigenvalue weighted by Gasteiger charge is 2.27. The van der Waals surface area contributed by atoms with Gasteiger partial charge in [-0.15, -0.1) is 0 Å². The van der Waals surface area contributed by atoms with Gasteiger partial charge >= 0.3 is 6.09 Å². The third kappa shape index (κ3) is 4.07. The van der Waals surface area contributed by atoms with Crippen LogP contribution in [0.15, 0.2) is 58.3 Å². The lowest BCUT2D eigenvalue weighted by molar-refractivity contribution is 0.0500. The largest absolute Gasteiger partial charge is 0.444 e. The quantitative estimate of drug-likeness (QED) is 0.650. The van der Waals surface area contributed by atoms with Gasteiger partial charge in [0.2, 0.25) is 9.84 Å². The van der Waals surface area contributed by atoms with Gasteiger partial charge < -0.3 is 15.0 Å². The average Bonchev–Trinajstić information content (AvgIpc) is 3.04. The number of aryl methyl sites for hydroxylation is 1. The lowest BCUT2D eigenvalue weighted by Gasteiger charge is -2.26. The number of H-pyrrole nitrogens is 1. The van der Waals surface area contributed by atoms with Crippen LogP contribution in [-0.4, -0.2) is 31.1 Å². The monoisotopic (exact) mass is 426 g/mol. The Morgan fingerprint density at radius 3 is 2.53 bits per heavy atom. The smallest absolute Gasteiger partial charge is 0.407 e.